The number of rotatable bonds is 4. The summed E-state index contributed by atoms with van der Waals surface area (Å²) in [4.78, 5) is 26.0. The first kappa shape index (κ1) is 11.8. The molecule has 2 N–H and O–H groups in total. The van der Waals surface area contributed by atoms with Gasteiger partial charge in [-0.2, -0.15) is 0 Å². The number of carbonyl (C=O) groups excluding carboxylic acids is 1. The van der Waals surface area contributed by atoms with Gasteiger partial charge in [-0.3, -0.25) is 4.79 Å². The van der Waals surface area contributed by atoms with Crippen LogP contribution in [0.5, 0.6) is 0 Å². The lowest BCUT2D eigenvalue weighted by Crippen LogP contribution is -2.40. The van der Waals surface area contributed by atoms with Crippen LogP contribution in [0.3, 0.4) is 0 Å². The average Bonchev–Trinajstić information content (AvgIpc) is 2.64. The third-order valence-corrected chi connectivity index (χ3v) is 1.86. The molecule has 1 heterocycles. The van der Waals surface area contributed by atoms with E-state index < -0.39 is 17.9 Å². The van der Waals surface area contributed by atoms with Crippen molar-refractivity contribution in [2.24, 2.45) is 7.05 Å². The number of amides is 1. The molecule has 1 amide bonds. The fraction of sp³-hybridized carbons (Fsp3) is 0.300. The number of terminal acetylenes is 1. The smallest absolute Gasteiger partial charge is 0.327 e. The van der Waals surface area contributed by atoms with Crippen LogP contribution >= 0.6 is 0 Å². The summed E-state index contributed by atoms with van der Waals surface area (Å²) in [6, 6.07) is -1.08. The highest BCUT2D eigenvalue weighted by Crippen LogP contribution is 1.97. The van der Waals surface area contributed by atoms with Gasteiger partial charge in [0, 0.05) is 19.7 Å². The Balaban J connectivity index is 2.69. The molecule has 6 heteroatoms. The van der Waals surface area contributed by atoms with Gasteiger partial charge in [0.1, 0.15) is 11.7 Å². The van der Waals surface area contributed by atoms with E-state index in [9.17, 15) is 9.59 Å². The molecule has 0 saturated heterocycles. The van der Waals surface area contributed by atoms with Gasteiger partial charge in [-0.15, -0.1) is 12.3 Å². The maximum atomic E-state index is 11.5. The lowest BCUT2D eigenvalue weighted by Gasteiger charge is -2.09. The zero-order valence-corrected chi connectivity index (χ0v) is 8.67. The number of nitrogens with one attached hydrogen (secondary N) is 1. The molecule has 16 heavy (non-hydrogen) atoms. The standard InChI is InChI=1S/C10H11N3O3/c1-3-4-7(10(15)16)12-9(14)8-5-13(2)6-11-8/h1,5-7H,4H2,2H3,(H,12,14)(H,15,16). The van der Waals surface area contributed by atoms with E-state index in [0.717, 1.165) is 0 Å². The molecule has 1 unspecified atom stereocenters. The molecule has 6 nitrogen and oxygen atoms in total. The SMILES string of the molecule is C#CCC(NC(=O)c1cn(C)cn1)C(=O)O. The molecule has 1 rings (SSSR count). The number of aryl methyl sites for hydroxylation is 1. The average molecular weight is 221 g/mol. The quantitative estimate of drug-likeness (QED) is 0.679. The largest absolute Gasteiger partial charge is 0.480 e. The number of imidazole rings is 1. The van der Waals surface area contributed by atoms with Gasteiger partial charge < -0.3 is 15.0 Å². The summed E-state index contributed by atoms with van der Waals surface area (Å²) < 4.78 is 1.59. The summed E-state index contributed by atoms with van der Waals surface area (Å²) >= 11 is 0. The van der Waals surface area contributed by atoms with Crippen molar-refractivity contribution in [3.05, 3.63) is 18.2 Å². The van der Waals surface area contributed by atoms with Crippen molar-refractivity contribution in [1.82, 2.24) is 14.9 Å². The highest BCUT2D eigenvalue weighted by molar-refractivity contribution is 5.94. The molecular formula is C10H11N3O3. The maximum Gasteiger partial charge on any atom is 0.327 e. The Hall–Kier alpha value is -2.29. The van der Waals surface area contributed by atoms with Crippen LogP contribution < -0.4 is 5.32 Å². The van der Waals surface area contributed by atoms with Crippen LogP contribution in [0.25, 0.3) is 0 Å². The summed E-state index contributed by atoms with van der Waals surface area (Å²) in [7, 11) is 1.71. The number of carboxylic acids is 1. The molecule has 0 aliphatic carbocycles. The molecule has 0 spiro atoms. The van der Waals surface area contributed by atoms with Crippen LogP contribution in [-0.2, 0) is 11.8 Å². The Bertz CT molecular complexity index is 444. The third-order valence-electron chi connectivity index (χ3n) is 1.86. The van der Waals surface area contributed by atoms with Crippen LogP contribution in [0.2, 0.25) is 0 Å². The second-order valence-corrected chi connectivity index (χ2v) is 3.20. The van der Waals surface area contributed by atoms with Crippen LogP contribution in [0.4, 0.5) is 0 Å². The fourth-order valence-electron chi connectivity index (χ4n) is 1.08. The van der Waals surface area contributed by atoms with Gasteiger partial charge in [0.2, 0.25) is 0 Å². The molecule has 1 atom stereocenters. The van der Waals surface area contributed by atoms with Crippen molar-refractivity contribution in [2.45, 2.75) is 12.5 Å². The number of aliphatic carboxylic acids is 1. The van der Waals surface area contributed by atoms with E-state index in [0.29, 0.717) is 0 Å². The van der Waals surface area contributed by atoms with Crippen LogP contribution in [-0.4, -0.2) is 32.6 Å². The molecule has 0 saturated carbocycles. The predicted molar refractivity (Wildman–Crippen MR) is 55.5 cm³/mol. The van der Waals surface area contributed by atoms with Crippen molar-refractivity contribution in [3.8, 4) is 12.3 Å². The topological polar surface area (TPSA) is 84.2 Å². The molecule has 0 aliphatic heterocycles. The van der Waals surface area contributed by atoms with Gasteiger partial charge >= 0.3 is 5.97 Å². The number of hydrogen-bond donors (Lipinski definition) is 2. The Labute approximate surface area is 92.3 Å². The van der Waals surface area contributed by atoms with E-state index >= 15 is 0 Å². The van der Waals surface area contributed by atoms with Crippen molar-refractivity contribution in [1.29, 1.82) is 0 Å². The molecular weight excluding hydrogens is 210 g/mol. The van der Waals surface area contributed by atoms with Crippen LogP contribution in [0, 0.1) is 12.3 Å². The number of aromatic nitrogens is 2. The van der Waals surface area contributed by atoms with Crippen LogP contribution in [0.1, 0.15) is 16.9 Å². The van der Waals surface area contributed by atoms with Gasteiger partial charge in [0.25, 0.3) is 5.91 Å². The second-order valence-electron chi connectivity index (χ2n) is 3.20. The minimum atomic E-state index is -1.16. The van der Waals surface area contributed by atoms with Gasteiger partial charge in [-0.1, -0.05) is 0 Å². The molecule has 84 valence electrons. The first-order valence-electron chi connectivity index (χ1n) is 4.49. The number of carbonyl (C=O) groups is 2. The monoisotopic (exact) mass is 221 g/mol. The van der Waals surface area contributed by atoms with Crippen molar-refractivity contribution >= 4 is 11.9 Å². The van der Waals surface area contributed by atoms with E-state index in [4.69, 9.17) is 11.5 Å². The van der Waals surface area contributed by atoms with E-state index in [-0.39, 0.29) is 12.1 Å². The van der Waals surface area contributed by atoms with Gasteiger partial charge in [-0.25, -0.2) is 9.78 Å². The minimum Gasteiger partial charge on any atom is -0.480 e. The zero-order valence-electron chi connectivity index (χ0n) is 8.67. The Kier molecular flexibility index (Phi) is 3.67. The second kappa shape index (κ2) is 4.98. The third kappa shape index (κ3) is 2.85. The highest BCUT2D eigenvalue weighted by atomic mass is 16.4. The predicted octanol–water partition coefficient (Wildman–Crippen LogP) is -0.374. The zero-order chi connectivity index (χ0) is 12.1. The molecule has 0 aromatic carbocycles. The summed E-state index contributed by atoms with van der Waals surface area (Å²) in [6.45, 7) is 0. The van der Waals surface area contributed by atoms with E-state index in [2.05, 4.69) is 16.2 Å². The summed E-state index contributed by atoms with van der Waals surface area (Å²) in [5.74, 6) is 0.473. The van der Waals surface area contributed by atoms with E-state index in [1.165, 1.54) is 12.5 Å². The number of nitrogens with zero attached hydrogens (tertiary/aromatic N) is 2. The Morgan fingerprint density at radius 3 is 2.88 bits per heavy atom. The molecule has 0 aliphatic rings. The van der Waals surface area contributed by atoms with Crippen molar-refractivity contribution in [2.75, 3.05) is 0 Å². The number of carboxylic acid groups (broad SMARTS) is 1. The summed E-state index contributed by atoms with van der Waals surface area (Å²) in [6.07, 6.45) is 7.88. The van der Waals surface area contributed by atoms with E-state index in [1.807, 2.05) is 0 Å². The summed E-state index contributed by atoms with van der Waals surface area (Å²) in [5, 5.41) is 11.1. The first-order valence-corrected chi connectivity index (χ1v) is 4.49. The van der Waals surface area contributed by atoms with Gasteiger partial charge in [0.15, 0.2) is 0 Å². The minimum absolute atomic E-state index is 0.0616. The molecule has 0 fully saturated rings. The lowest BCUT2D eigenvalue weighted by atomic mass is 10.2. The van der Waals surface area contributed by atoms with Crippen molar-refractivity contribution in [3.63, 3.8) is 0 Å². The normalized spacial score (nSPS) is 11.5. The molecule has 0 radical (unpaired) electrons. The fourth-order valence-corrected chi connectivity index (χ4v) is 1.08. The number of hydrogen-bond acceptors (Lipinski definition) is 3. The van der Waals surface area contributed by atoms with Gasteiger partial charge in [0.05, 0.1) is 6.33 Å². The first-order chi connectivity index (χ1) is 7.54. The van der Waals surface area contributed by atoms with E-state index in [1.54, 1.807) is 11.6 Å². The molecule has 0 bridgehead atoms. The molecule has 1 aromatic heterocycles. The van der Waals surface area contributed by atoms with Crippen LogP contribution in [0.15, 0.2) is 12.5 Å². The lowest BCUT2D eigenvalue weighted by molar-refractivity contribution is -0.139. The maximum absolute atomic E-state index is 11.5. The Morgan fingerprint density at radius 1 is 1.75 bits per heavy atom. The molecule has 1 aromatic rings. The summed E-state index contributed by atoms with van der Waals surface area (Å²) in [5.41, 5.74) is 0.158. The van der Waals surface area contributed by atoms with Gasteiger partial charge in [-0.05, 0) is 0 Å². The Morgan fingerprint density at radius 2 is 2.44 bits per heavy atom. The van der Waals surface area contributed by atoms with Crippen molar-refractivity contribution < 1.29 is 14.7 Å². The highest BCUT2D eigenvalue weighted by Gasteiger charge is 2.20.